The van der Waals surface area contributed by atoms with Crippen LogP contribution in [0.2, 0.25) is 0 Å². The summed E-state index contributed by atoms with van der Waals surface area (Å²) in [5.41, 5.74) is 3.05. The van der Waals surface area contributed by atoms with Crippen LogP contribution < -0.4 is 0 Å². The molecule has 0 spiro atoms. The van der Waals surface area contributed by atoms with Crippen LogP contribution in [0.3, 0.4) is 0 Å². The fourth-order valence-corrected chi connectivity index (χ4v) is 1.86. The number of aromatic nitrogens is 1. The molecule has 0 amide bonds. The Morgan fingerprint density at radius 3 is 2.22 bits per heavy atom. The average Bonchev–Trinajstić information content (AvgIpc) is 2.26. The molecule has 1 heterocycles. The number of hydrogen-bond donors (Lipinski definition) is 1. The summed E-state index contributed by atoms with van der Waals surface area (Å²) in [6.07, 6.45) is 0. The van der Waals surface area contributed by atoms with Gasteiger partial charge in [-0.25, -0.2) is 0 Å². The van der Waals surface area contributed by atoms with Gasteiger partial charge in [-0.3, -0.25) is 15.1 Å². The highest BCUT2D eigenvalue weighted by Gasteiger charge is 2.13. The van der Waals surface area contributed by atoms with Gasteiger partial charge in [0, 0.05) is 17.5 Å². The third kappa shape index (κ3) is 2.29. The molecule has 0 radical (unpaired) electrons. The molecule has 0 saturated carbocycles. The summed E-state index contributed by atoms with van der Waals surface area (Å²) in [4.78, 5) is 14.3. The maximum Gasteiger partial charge on any atom is 0.310 e. The van der Waals surface area contributed by atoms with E-state index in [0.717, 1.165) is 22.5 Å². The molecule has 0 saturated heterocycles. The first kappa shape index (κ1) is 12.0. The van der Waals surface area contributed by atoms with Gasteiger partial charge in [0.15, 0.2) is 5.75 Å². The van der Waals surface area contributed by atoms with Crippen LogP contribution in [0.15, 0.2) is 30.3 Å². The fraction of sp³-hybridized carbons (Fsp3) is 0.154. The number of nitro groups is 1. The first-order chi connectivity index (χ1) is 8.47. The van der Waals surface area contributed by atoms with Crippen molar-refractivity contribution in [3.63, 3.8) is 0 Å². The van der Waals surface area contributed by atoms with Crippen LogP contribution in [0, 0.1) is 24.0 Å². The second-order valence-electron chi connectivity index (χ2n) is 4.10. The standard InChI is InChI=1S/C13H12N2O3/c1-8-5-11(6-9(2)14-8)10-3-4-12(15(17)18)13(16)7-10/h3-7,16H,1-2H3. The highest BCUT2D eigenvalue weighted by atomic mass is 16.6. The van der Waals surface area contributed by atoms with E-state index in [1.165, 1.54) is 12.1 Å². The van der Waals surface area contributed by atoms with Gasteiger partial charge in [-0.1, -0.05) is 0 Å². The predicted molar refractivity (Wildman–Crippen MR) is 67.5 cm³/mol. The largest absolute Gasteiger partial charge is 0.502 e. The molecule has 1 N–H and O–H groups in total. The van der Waals surface area contributed by atoms with Crippen molar-refractivity contribution in [3.05, 3.63) is 51.8 Å². The van der Waals surface area contributed by atoms with Gasteiger partial charge < -0.3 is 5.11 Å². The minimum atomic E-state index is -0.609. The number of benzene rings is 1. The number of phenolic OH excluding ortho intramolecular Hbond substituents is 1. The molecule has 2 rings (SSSR count). The molecule has 0 bridgehead atoms. The van der Waals surface area contributed by atoms with E-state index in [0.29, 0.717) is 0 Å². The van der Waals surface area contributed by atoms with E-state index < -0.39 is 4.92 Å². The Labute approximate surface area is 104 Å². The zero-order valence-corrected chi connectivity index (χ0v) is 10.0. The lowest BCUT2D eigenvalue weighted by Crippen LogP contribution is -1.90. The molecule has 0 fully saturated rings. The Bertz CT molecular complexity index is 603. The second kappa shape index (κ2) is 4.44. The van der Waals surface area contributed by atoms with E-state index in [9.17, 15) is 15.2 Å². The monoisotopic (exact) mass is 244 g/mol. The van der Waals surface area contributed by atoms with Gasteiger partial charge in [0.05, 0.1) is 4.92 Å². The van der Waals surface area contributed by atoms with E-state index in [-0.39, 0.29) is 11.4 Å². The minimum absolute atomic E-state index is 0.291. The summed E-state index contributed by atoms with van der Waals surface area (Å²) < 4.78 is 0. The molecule has 92 valence electrons. The van der Waals surface area contributed by atoms with Crippen LogP contribution in [-0.2, 0) is 0 Å². The number of rotatable bonds is 2. The van der Waals surface area contributed by atoms with E-state index in [2.05, 4.69) is 4.98 Å². The Balaban J connectivity index is 2.52. The topological polar surface area (TPSA) is 76.3 Å². The van der Waals surface area contributed by atoms with E-state index in [4.69, 9.17) is 0 Å². The summed E-state index contributed by atoms with van der Waals surface area (Å²) >= 11 is 0. The van der Waals surface area contributed by atoms with Crippen molar-refractivity contribution >= 4 is 5.69 Å². The predicted octanol–water partition coefficient (Wildman–Crippen LogP) is 2.98. The Morgan fingerprint density at radius 2 is 1.72 bits per heavy atom. The number of pyridine rings is 1. The lowest BCUT2D eigenvalue weighted by Gasteiger charge is -2.05. The molecule has 5 heteroatoms. The summed E-state index contributed by atoms with van der Waals surface area (Å²) in [7, 11) is 0. The van der Waals surface area contributed by atoms with Crippen molar-refractivity contribution in [1.29, 1.82) is 0 Å². The molecule has 1 aromatic heterocycles. The van der Waals surface area contributed by atoms with Crippen LogP contribution in [0.25, 0.3) is 11.1 Å². The van der Waals surface area contributed by atoms with E-state index in [1.54, 1.807) is 6.07 Å². The van der Waals surface area contributed by atoms with Crippen molar-refractivity contribution in [2.75, 3.05) is 0 Å². The van der Waals surface area contributed by atoms with Crippen LogP contribution in [0.1, 0.15) is 11.4 Å². The minimum Gasteiger partial charge on any atom is -0.502 e. The van der Waals surface area contributed by atoms with Crippen molar-refractivity contribution in [3.8, 4) is 16.9 Å². The molecular formula is C13H12N2O3. The van der Waals surface area contributed by atoms with Gasteiger partial charge in [-0.2, -0.15) is 0 Å². The van der Waals surface area contributed by atoms with Crippen LogP contribution in [0.5, 0.6) is 5.75 Å². The molecule has 0 aliphatic rings. The number of phenols is 1. The molecule has 0 unspecified atom stereocenters. The summed E-state index contributed by atoms with van der Waals surface area (Å²) in [5, 5.41) is 20.2. The average molecular weight is 244 g/mol. The quantitative estimate of drug-likeness (QED) is 0.650. The van der Waals surface area contributed by atoms with E-state index >= 15 is 0 Å². The fourth-order valence-electron chi connectivity index (χ4n) is 1.86. The highest BCUT2D eigenvalue weighted by molar-refractivity contribution is 5.68. The highest BCUT2D eigenvalue weighted by Crippen LogP contribution is 2.31. The third-order valence-electron chi connectivity index (χ3n) is 2.59. The van der Waals surface area contributed by atoms with Crippen molar-refractivity contribution in [2.24, 2.45) is 0 Å². The van der Waals surface area contributed by atoms with Crippen LogP contribution >= 0.6 is 0 Å². The molecule has 0 aliphatic carbocycles. The number of nitro benzene ring substituents is 1. The lowest BCUT2D eigenvalue weighted by atomic mass is 10.0. The summed E-state index contributed by atoms with van der Waals surface area (Å²) in [6.45, 7) is 3.75. The van der Waals surface area contributed by atoms with Crippen molar-refractivity contribution < 1.29 is 10.0 Å². The van der Waals surface area contributed by atoms with Gasteiger partial charge in [0.2, 0.25) is 0 Å². The maximum absolute atomic E-state index is 10.6. The molecule has 1 aromatic carbocycles. The summed E-state index contributed by atoms with van der Waals surface area (Å²) in [5.74, 6) is -0.329. The van der Waals surface area contributed by atoms with Crippen molar-refractivity contribution in [1.82, 2.24) is 4.98 Å². The van der Waals surface area contributed by atoms with Gasteiger partial charge in [-0.15, -0.1) is 0 Å². The van der Waals surface area contributed by atoms with E-state index in [1.807, 2.05) is 26.0 Å². The van der Waals surface area contributed by atoms with Gasteiger partial charge in [0.1, 0.15) is 0 Å². The SMILES string of the molecule is Cc1cc(-c2ccc([N+](=O)[O-])c(O)c2)cc(C)n1. The first-order valence-corrected chi connectivity index (χ1v) is 5.40. The Kier molecular flexibility index (Phi) is 2.97. The van der Waals surface area contributed by atoms with Crippen molar-refractivity contribution in [2.45, 2.75) is 13.8 Å². The lowest BCUT2D eigenvalue weighted by molar-refractivity contribution is -0.385. The first-order valence-electron chi connectivity index (χ1n) is 5.40. The molecule has 0 atom stereocenters. The molecular weight excluding hydrogens is 232 g/mol. The normalized spacial score (nSPS) is 10.3. The zero-order chi connectivity index (χ0) is 13.3. The number of aryl methyl sites for hydroxylation is 2. The zero-order valence-electron chi connectivity index (χ0n) is 10.0. The number of aromatic hydroxyl groups is 1. The van der Waals surface area contributed by atoms with Gasteiger partial charge in [-0.05, 0) is 49.2 Å². The Hall–Kier alpha value is -2.43. The molecule has 0 aliphatic heterocycles. The van der Waals surface area contributed by atoms with Gasteiger partial charge >= 0.3 is 5.69 Å². The third-order valence-corrected chi connectivity index (χ3v) is 2.59. The Morgan fingerprint density at radius 1 is 1.11 bits per heavy atom. The number of hydrogen-bond acceptors (Lipinski definition) is 4. The smallest absolute Gasteiger partial charge is 0.310 e. The number of nitrogens with zero attached hydrogens (tertiary/aromatic N) is 2. The van der Waals surface area contributed by atoms with Crippen LogP contribution in [-0.4, -0.2) is 15.0 Å². The molecule has 18 heavy (non-hydrogen) atoms. The summed E-state index contributed by atoms with van der Waals surface area (Å²) in [6, 6.07) is 8.05. The molecule has 2 aromatic rings. The second-order valence-corrected chi connectivity index (χ2v) is 4.10. The van der Waals surface area contributed by atoms with Crippen LogP contribution in [0.4, 0.5) is 5.69 Å². The molecule has 5 nitrogen and oxygen atoms in total. The van der Waals surface area contributed by atoms with Gasteiger partial charge in [0.25, 0.3) is 0 Å². The maximum atomic E-state index is 10.6.